The summed E-state index contributed by atoms with van der Waals surface area (Å²) in [5, 5.41) is 20.6. The Morgan fingerprint density at radius 2 is 1.58 bits per heavy atom. The maximum Gasteiger partial charge on any atom is 0.290 e. The first-order chi connectivity index (χ1) is 15.0. The summed E-state index contributed by atoms with van der Waals surface area (Å²) in [7, 11) is 0. The highest BCUT2D eigenvalue weighted by atomic mass is 16.3. The Labute approximate surface area is 180 Å². The highest BCUT2D eigenvalue weighted by Gasteiger charge is 2.42. The monoisotopic (exact) mass is 411 g/mol. The minimum atomic E-state index is -0.812. The minimum Gasteiger partial charge on any atom is -0.508 e. The molecule has 0 saturated heterocycles. The first kappa shape index (κ1) is 20.2. The molecule has 1 heterocycles. The Morgan fingerprint density at radius 3 is 2.26 bits per heavy atom. The standard InChI is InChI=1S/C26H21NO4/c28-21-13-7-12-20(16-21)24-23(22(29)15-14-18-8-3-1-4-9-18)25(30)26(31)27(24)17-19-10-5-2-6-11-19/h1-16,24,28,30H,17H2/b15-14+. The third-order valence-corrected chi connectivity index (χ3v) is 5.18. The van der Waals surface area contributed by atoms with Crippen molar-refractivity contribution in [2.24, 2.45) is 0 Å². The van der Waals surface area contributed by atoms with Crippen LogP contribution in [-0.2, 0) is 16.1 Å². The van der Waals surface area contributed by atoms with E-state index in [1.165, 1.54) is 23.1 Å². The summed E-state index contributed by atoms with van der Waals surface area (Å²) >= 11 is 0. The first-order valence-electron chi connectivity index (χ1n) is 9.89. The summed E-state index contributed by atoms with van der Waals surface area (Å²) in [4.78, 5) is 27.5. The van der Waals surface area contributed by atoms with Gasteiger partial charge < -0.3 is 15.1 Å². The molecule has 0 aromatic heterocycles. The van der Waals surface area contributed by atoms with Crippen molar-refractivity contribution in [2.75, 3.05) is 0 Å². The number of nitrogens with zero attached hydrogens (tertiary/aromatic N) is 1. The van der Waals surface area contributed by atoms with Crippen molar-refractivity contribution in [3.63, 3.8) is 0 Å². The molecule has 0 saturated carbocycles. The molecule has 3 aromatic carbocycles. The molecule has 154 valence electrons. The fourth-order valence-corrected chi connectivity index (χ4v) is 3.72. The van der Waals surface area contributed by atoms with Crippen molar-refractivity contribution < 1.29 is 19.8 Å². The predicted octanol–water partition coefficient (Wildman–Crippen LogP) is 4.57. The lowest BCUT2D eigenvalue weighted by Crippen LogP contribution is -2.30. The number of hydrogen-bond donors (Lipinski definition) is 2. The highest BCUT2D eigenvalue weighted by Crippen LogP contribution is 2.39. The minimum absolute atomic E-state index is 0.00119. The van der Waals surface area contributed by atoms with E-state index in [-0.39, 0.29) is 17.9 Å². The Balaban J connectivity index is 1.73. The second kappa shape index (κ2) is 8.71. The summed E-state index contributed by atoms with van der Waals surface area (Å²) < 4.78 is 0. The van der Waals surface area contributed by atoms with Gasteiger partial charge in [-0.2, -0.15) is 0 Å². The van der Waals surface area contributed by atoms with Gasteiger partial charge in [0.1, 0.15) is 5.75 Å². The Hall–Kier alpha value is -4.12. The maximum absolute atomic E-state index is 13.1. The number of benzene rings is 3. The van der Waals surface area contributed by atoms with Gasteiger partial charge in [-0.25, -0.2) is 0 Å². The van der Waals surface area contributed by atoms with E-state index in [1.807, 2.05) is 60.7 Å². The summed E-state index contributed by atoms with van der Waals surface area (Å²) in [6, 6.07) is 24.2. The topological polar surface area (TPSA) is 77.8 Å². The lowest BCUT2D eigenvalue weighted by atomic mass is 9.95. The van der Waals surface area contributed by atoms with Crippen LogP contribution in [0.3, 0.4) is 0 Å². The molecule has 5 heteroatoms. The summed E-state index contributed by atoms with van der Waals surface area (Å²) in [6.07, 6.45) is 3.00. The second-order valence-electron chi connectivity index (χ2n) is 7.29. The molecule has 1 aliphatic heterocycles. The number of carbonyl (C=O) groups is 2. The molecule has 0 spiro atoms. The van der Waals surface area contributed by atoms with Crippen LogP contribution in [0.15, 0.2) is 102 Å². The van der Waals surface area contributed by atoms with E-state index in [2.05, 4.69) is 0 Å². The van der Waals surface area contributed by atoms with Crippen LogP contribution in [0.4, 0.5) is 0 Å². The number of amides is 1. The van der Waals surface area contributed by atoms with Gasteiger partial charge in [-0.15, -0.1) is 0 Å². The van der Waals surface area contributed by atoms with Crippen LogP contribution in [0.1, 0.15) is 22.7 Å². The van der Waals surface area contributed by atoms with E-state index in [1.54, 1.807) is 18.2 Å². The second-order valence-corrected chi connectivity index (χ2v) is 7.29. The van der Waals surface area contributed by atoms with E-state index in [4.69, 9.17) is 0 Å². The van der Waals surface area contributed by atoms with Crippen LogP contribution >= 0.6 is 0 Å². The molecule has 3 aromatic rings. The smallest absolute Gasteiger partial charge is 0.290 e. The summed E-state index contributed by atoms with van der Waals surface area (Å²) in [5.74, 6) is -1.62. The maximum atomic E-state index is 13.1. The molecule has 1 atom stereocenters. The largest absolute Gasteiger partial charge is 0.508 e. The number of hydrogen-bond acceptors (Lipinski definition) is 4. The van der Waals surface area contributed by atoms with Crippen LogP contribution in [-0.4, -0.2) is 26.8 Å². The van der Waals surface area contributed by atoms with E-state index in [0.717, 1.165) is 11.1 Å². The van der Waals surface area contributed by atoms with Crippen LogP contribution in [0.25, 0.3) is 6.08 Å². The molecule has 0 radical (unpaired) electrons. The average molecular weight is 411 g/mol. The number of allylic oxidation sites excluding steroid dienone is 1. The van der Waals surface area contributed by atoms with Gasteiger partial charge >= 0.3 is 0 Å². The van der Waals surface area contributed by atoms with Gasteiger partial charge in [0.2, 0.25) is 0 Å². The first-order valence-corrected chi connectivity index (χ1v) is 9.89. The van der Waals surface area contributed by atoms with E-state index in [9.17, 15) is 19.8 Å². The average Bonchev–Trinajstić information content (AvgIpc) is 3.04. The molecular formula is C26H21NO4. The van der Waals surface area contributed by atoms with Gasteiger partial charge in [0.05, 0.1) is 11.6 Å². The molecule has 1 aliphatic rings. The fourth-order valence-electron chi connectivity index (χ4n) is 3.72. The number of phenolic OH excluding ortho intramolecular Hbond substituents is 1. The van der Waals surface area contributed by atoms with E-state index in [0.29, 0.717) is 5.56 Å². The molecule has 31 heavy (non-hydrogen) atoms. The number of aromatic hydroxyl groups is 1. The lowest BCUT2D eigenvalue weighted by molar-refractivity contribution is -0.130. The number of aliphatic hydroxyl groups is 1. The van der Waals surface area contributed by atoms with Crippen LogP contribution < -0.4 is 0 Å². The number of phenols is 1. The van der Waals surface area contributed by atoms with Gasteiger partial charge in [-0.1, -0.05) is 78.9 Å². The van der Waals surface area contributed by atoms with Crippen LogP contribution in [0, 0.1) is 0 Å². The Kier molecular flexibility index (Phi) is 5.67. The van der Waals surface area contributed by atoms with Crippen molar-refractivity contribution in [1.29, 1.82) is 0 Å². The van der Waals surface area contributed by atoms with Crippen molar-refractivity contribution in [3.05, 3.63) is 119 Å². The zero-order chi connectivity index (χ0) is 21.8. The summed E-state index contributed by atoms with van der Waals surface area (Å²) in [5.41, 5.74) is 2.24. The zero-order valence-electron chi connectivity index (χ0n) is 16.7. The van der Waals surface area contributed by atoms with Crippen molar-refractivity contribution in [3.8, 4) is 5.75 Å². The van der Waals surface area contributed by atoms with Crippen molar-refractivity contribution >= 4 is 17.8 Å². The highest BCUT2D eigenvalue weighted by molar-refractivity contribution is 6.14. The number of rotatable bonds is 6. The molecule has 0 aliphatic carbocycles. The van der Waals surface area contributed by atoms with Crippen molar-refractivity contribution in [2.45, 2.75) is 12.6 Å². The summed E-state index contributed by atoms with van der Waals surface area (Å²) in [6.45, 7) is 0.212. The normalized spacial score (nSPS) is 16.3. The quantitative estimate of drug-likeness (QED) is 0.583. The molecule has 1 amide bonds. The van der Waals surface area contributed by atoms with Gasteiger partial charge in [-0.3, -0.25) is 9.59 Å². The molecule has 1 unspecified atom stereocenters. The predicted molar refractivity (Wildman–Crippen MR) is 118 cm³/mol. The van der Waals surface area contributed by atoms with Gasteiger partial charge in [-0.05, 0) is 34.9 Å². The molecular weight excluding hydrogens is 390 g/mol. The number of aliphatic hydroxyl groups excluding tert-OH is 1. The number of carbonyl (C=O) groups excluding carboxylic acids is 2. The van der Waals surface area contributed by atoms with E-state index >= 15 is 0 Å². The number of ketones is 1. The SMILES string of the molecule is O=C(/C=C/c1ccccc1)C1=C(O)C(=O)N(Cc2ccccc2)C1c1cccc(O)c1. The molecule has 0 fully saturated rings. The third kappa shape index (κ3) is 4.26. The fraction of sp³-hybridized carbons (Fsp3) is 0.0769. The zero-order valence-corrected chi connectivity index (χ0v) is 16.7. The van der Waals surface area contributed by atoms with E-state index < -0.39 is 23.5 Å². The Bertz CT molecular complexity index is 1170. The molecule has 5 nitrogen and oxygen atoms in total. The van der Waals surface area contributed by atoms with Crippen LogP contribution in [0.2, 0.25) is 0 Å². The van der Waals surface area contributed by atoms with Gasteiger partial charge in [0.15, 0.2) is 11.5 Å². The Morgan fingerprint density at radius 1 is 0.903 bits per heavy atom. The van der Waals surface area contributed by atoms with Gasteiger partial charge in [0.25, 0.3) is 5.91 Å². The van der Waals surface area contributed by atoms with Crippen molar-refractivity contribution in [1.82, 2.24) is 4.90 Å². The molecule has 0 bridgehead atoms. The molecule has 2 N–H and O–H groups in total. The third-order valence-electron chi connectivity index (χ3n) is 5.18. The van der Waals surface area contributed by atoms with Gasteiger partial charge in [0, 0.05) is 6.54 Å². The molecule has 4 rings (SSSR count). The van der Waals surface area contributed by atoms with Crippen LogP contribution in [0.5, 0.6) is 5.75 Å². The lowest BCUT2D eigenvalue weighted by Gasteiger charge is -2.26.